The summed E-state index contributed by atoms with van der Waals surface area (Å²) in [6, 6.07) is 0. The van der Waals surface area contributed by atoms with Crippen molar-refractivity contribution in [1.29, 1.82) is 0 Å². The molecule has 7 heteroatoms. The van der Waals surface area contributed by atoms with Crippen molar-refractivity contribution in [3.8, 4) is 0 Å². The van der Waals surface area contributed by atoms with E-state index in [0.717, 1.165) is 0 Å². The van der Waals surface area contributed by atoms with E-state index < -0.39 is 10.2 Å². The molecule has 6 nitrogen and oxygen atoms in total. The Kier molecular flexibility index (Phi) is 4.91. The molecule has 0 saturated carbocycles. The third-order valence-corrected chi connectivity index (χ3v) is 5.30. The van der Waals surface area contributed by atoms with Gasteiger partial charge in [0.2, 0.25) is 0 Å². The van der Waals surface area contributed by atoms with E-state index in [0.29, 0.717) is 38.3 Å². The molecular weight excluding hydrogens is 242 g/mol. The van der Waals surface area contributed by atoms with Gasteiger partial charge in [0.15, 0.2) is 0 Å². The third kappa shape index (κ3) is 2.97. The van der Waals surface area contributed by atoms with Gasteiger partial charge in [0.25, 0.3) is 10.2 Å². The lowest BCUT2D eigenvalue weighted by Crippen LogP contribution is -2.49. The van der Waals surface area contributed by atoms with E-state index >= 15 is 0 Å². The van der Waals surface area contributed by atoms with Crippen LogP contribution >= 0.6 is 0 Å². The molecule has 0 radical (unpaired) electrons. The standard InChI is InChI=1S/C10H21N3O3S/c1-4-12(5-2)17(15,16)13-7-6-10(11-14)9(3)8-13/h9,14H,4-8H2,1-3H3. The topological polar surface area (TPSA) is 73.2 Å². The van der Waals surface area contributed by atoms with Gasteiger partial charge in [-0.1, -0.05) is 25.9 Å². The molecule has 0 aromatic heterocycles. The molecule has 100 valence electrons. The fraction of sp³-hybridized carbons (Fsp3) is 0.900. The number of oxime groups is 1. The number of rotatable bonds is 4. The molecule has 0 aliphatic carbocycles. The minimum atomic E-state index is -3.36. The van der Waals surface area contributed by atoms with Crippen LogP contribution in [0.4, 0.5) is 0 Å². The van der Waals surface area contributed by atoms with Crippen LogP contribution in [-0.4, -0.2) is 54.1 Å². The molecule has 0 aromatic carbocycles. The van der Waals surface area contributed by atoms with Crippen LogP contribution in [0.15, 0.2) is 5.16 Å². The molecule has 0 bridgehead atoms. The fourth-order valence-electron chi connectivity index (χ4n) is 2.06. The van der Waals surface area contributed by atoms with Crippen molar-refractivity contribution in [1.82, 2.24) is 8.61 Å². The van der Waals surface area contributed by atoms with E-state index in [1.807, 2.05) is 20.8 Å². The number of piperidine rings is 1. The van der Waals surface area contributed by atoms with Crippen molar-refractivity contribution in [3.63, 3.8) is 0 Å². The van der Waals surface area contributed by atoms with Crippen molar-refractivity contribution < 1.29 is 13.6 Å². The van der Waals surface area contributed by atoms with Crippen molar-refractivity contribution in [3.05, 3.63) is 0 Å². The summed E-state index contributed by atoms with van der Waals surface area (Å²) < 4.78 is 27.4. The average Bonchev–Trinajstić information content (AvgIpc) is 2.30. The molecule has 0 amide bonds. The Balaban J connectivity index is 2.82. The first kappa shape index (κ1) is 14.4. The summed E-state index contributed by atoms with van der Waals surface area (Å²) in [5, 5.41) is 12.0. The van der Waals surface area contributed by atoms with Crippen molar-refractivity contribution in [2.45, 2.75) is 27.2 Å². The lowest BCUT2D eigenvalue weighted by molar-refractivity contribution is 0.292. The monoisotopic (exact) mass is 263 g/mol. The molecule has 1 saturated heterocycles. The van der Waals surface area contributed by atoms with Crippen LogP contribution in [0.1, 0.15) is 27.2 Å². The van der Waals surface area contributed by atoms with Crippen LogP contribution < -0.4 is 0 Å². The van der Waals surface area contributed by atoms with E-state index in [-0.39, 0.29) is 5.92 Å². The molecule has 1 aliphatic heterocycles. The van der Waals surface area contributed by atoms with Crippen LogP contribution in [0.5, 0.6) is 0 Å². The van der Waals surface area contributed by atoms with E-state index in [1.54, 1.807) is 0 Å². The molecule has 1 rings (SSSR count). The highest BCUT2D eigenvalue weighted by atomic mass is 32.2. The summed E-state index contributed by atoms with van der Waals surface area (Å²) in [7, 11) is -3.36. The first-order valence-electron chi connectivity index (χ1n) is 5.93. The maximum absolute atomic E-state index is 12.2. The van der Waals surface area contributed by atoms with Crippen LogP contribution in [-0.2, 0) is 10.2 Å². The summed E-state index contributed by atoms with van der Waals surface area (Å²) >= 11 is 0. The lowest BCUT2D eigenvalue weighted by Gasteiger charge is -2.34. The van der Waals surface area contributed by atoms with Crippen LogP contribution in [0.25, 0.3) is 0 Å². The third-order valence-electron chi connectivity index (χ3n) is 3.15. The molecule has 17 heavy (non-hydrogen) atoms. The quantitative estimate of drug-likeness (QED) is 0.600. The van der Waals surface area contributed by atoms with Crippen LogP contribution in [0, 0.1) is 5.92 Å². The van der Waals surface area contributed by atoms with Gasteiger partial charge in [-0.15, -0.1) is 0 Å². The van der Waals surface area contributed by atoms with E-state index in [2.05, 4.69) is 5.16 Å². The smallest absolute Gasteiger partial charge is 0.281 e. The van der Waals surface area contributed by atoms with Crippen molar-refractivity contribution in [2.24, 2.45) is 11.1 Å². The molecule has 1 atom stereocenters. The highest BCUT2D eigenvalue weighted by molar-refractivity contribution is 7.86. The Morgan fingerprint density at radius 2 is 2.06 bits per heavy atom. The fourth-order valence-corrected chi connectivity index (χ4v) is 3.77. The first-order chi connectivity index (χ1) is 7.97. The van der Waals surface area contributed by atoms with E-state index in [4.69, 9.17) is 5.21 Å². The number of hydrogen-bond donors (Lipinski definition) is 1. The zero-order chi connectivity index (χ0) is 13.1. The van der Waals surface area contributed by atoms with Gasteiger partial charge in [-0.2, -0.15) is 17.0 Å². The number of nitrogens with zero attached hydrogens (tertiary/aromatic N) is 3. The Bertz CT molecular complexity index is 376. The largest absolute Gasteiger partial charge is 0.411 e. The van der Waals surface area contributed by atoms with Gasteiger partial charge in [0, 0.05) is 38.5 Å². The molecule has 1 heterocycles. The van der Waals surface area contributed by atoms with Gasteiger partial charge in [0.1, 0.15) is 0 Å². The molecule has 1 fully saturated rings. The summed E-state index contributed by atoms with van der Waals surface area (Å²) in [6.45, 7) is 7.26. The molecule has 1 unspecified atom stereocenters. The van der Waals surface area contributed by atoms with Gasteiger partial charge >= 0.3 is 0 Å². The molecule has 1 N–H and O–H groups in total. The first-order valence-corrected chi connectivity index (χ1v) is 7.33. The highest BCUT2D eigenvalue weighted by Gasteiger charge is 2.33. The minimum absolute atomic E-state index is 0.0286. The molecule has 1 aliphatic rings. The predicted octanol–water partition coefficient (Wildman–Crippen LogP) is 0.745. The van der Waals surface area contributed by atoms with Crippen molar-refractivity contribution in [2.75, 3.05) is 26.2 Å². The Labute approximate surface area is 103 Å². The Morgan fingerprint density at radius 3 is 2.47 bits per heavy atom. The summed E-state index contributed by atoms with van der Waals surface area (Å²) in [4.78, 5) is 0. The maximum atomic E-state index is 12.2. The van der Waals surface area contributed by atoms with Gasteiger partial charge in [-0.25, -0.2) is 0 Å². The zero-order valence-corrected chi connectivity index (χ0v) is 11.4. The molecule has 0 spiro atoms. The Hall–Kier alpha value is -0.660. The predicted molar refractivity (Wildman–Crippen MR) is 66.4 cm³/mol. The van der Waals surface area contributed by atoms with Gasteiger partial charge < -0.3 is 5.21 Å². The normalized spacial score (nSPS) is 25.6. The second-order valence-electron chi connectivity index (χ2n) is 4.19. The van der Waals surface area contributed by atoms with Crippen LogP contribution in [0.2, 0.25) is 0 Å². The van der Waals surface area contributed by atoms with Crippen LogP contribution in [0.3, 0.4) is 0 Å². The lowest BCUT2D eigenvalue weighted by atomic mass is 10.00. The van der Waals surface area contributed by atoms with Gasteiger partial charge in [0.05, 0.1) is 5.71 Å². The van der Waals surface area contributed by atoms with Gasteiger partial charge in [-0.05, 0) is 0 Å². The van der Waals surface area contributed by atoms with E-state index in [9.17, 15) is 8.42 Å². The molecular formula is C10H21N3O3S. The van der Waals surface area contributed by atoms with Gasteiger partial charge in [-0.3, -0.25) is 0 Å². The maximum Gasteiger partial charge on any atom is 0.281 e. The summed E-state index contributed by atoms with van der Waals surface area (Å²) in [6.07, 6.45) is 0.498. The average molecular weight is 263 g/mol. The van der Waals surface area contributed by atoms with E-state index in [1.165, 1.54) is 8.61 Å². The summed E-state index contributed by atoms with van der Waals surface area (Å²) in [5.74, 6) is -0.0286. The second kappa shape index (κ2) is 5.79. The SMILES string of the molecule is CCN(CC)S(=O)(=O)N1CCC(=NO)C(C)C1. The summed E-state index contributed by atoms with van der Waals surface area (Å²) in [5.41, 5.74) is 0.677. The highest BCUT2D eigenvalue weighted by Crippen LogP contribution is 2.19. The minimum Gasteiger partial charge on any atom is -0.411 e. The number of hydrogen-bond acceptors (Lipinski definition) is 4. The molecule has 0 aromatic rings. The second-order valence-corrected chi connectivity index (χ2v) is 6.12. The Morgan fingerprint density at radius 1 is 1.47 bits per heavy atom. The zero-order valence-electron chi connectivity index (χ0n) is 10.6. The van der Waals surface area contributed by atoms with Crippen molar-refractivity contribution >= 4 is 15.9 Å².